The highest BCUT2D eigenvalue weighted by atomic mass is 16.4. The second-order valence-electron chi connectivity index (χ2n) is 4.64. The van der Waals surface area contributed by atoms with Gasteiger partial charge in [0.25, 0.3) is 0 Å². The Labute approximate surface area is 97.8 Å². The fourth-order valence-corrected chi connectivity index (χ4v) is 2.33. The lowest BCUT2D eigenvalue weighted by Crippen LogP contribution is -2.38. The van der Waals surface area contributed by atoms with Crippen LogP contribution >= 0.6 is 0 Å². The number of rotatable bonds is 4. The fourth-order valence-electron chi connectivity index (χ4n) is 2.33. The van der Waals surface area contributed by atoms with Gasteiger partial charge in [0.2, 0.25) is 0 Å². The lowest BCUT2D eigenvalue weighted by molar-refractivity contribution is -0.138. The molecule has 3 heteroatoms. The maximum atomic E-state index is 10.7. The van der Waals surface area contributed by atoms with Crippen LogP contribution in [0.25, 0.3) is 0 Å². The van der Waals surface area contributed by atoms with Gasteiger partial charge >= 0.3 is 5.97 Å². The van der Waals surface area contributed by atoms with E-state index in [0.29, 0.717) is 5.92 Å². The smallest absolute Gasteiger partial charge is 0.303 e. The molecule has 1 rings (SSSR count). The van der Waals surface area contributed by atoms with Gasteiger partial charge in [-0.1, -0.05) is 12.8 Å². The zero-order chi connectivity index (χ0) is 12.0. The van der Waals surface area contributed by atoms with Crippen LogP contribution in [0.15, 0.2) is 0 Å². The number of likely N-dealkylation sites (tertiary alicyclic amines) is 1. The summed E-state index contributed by atoms with van der Waals surface area (Å²) in [5, 5.41) is 8.79. The molecule has 0 aliphatic carbocycles. The Bertz CT molecular complexity index is 290. The third kappa shape index (κ3) is 4.24. The normalized spacial score (nSPS) is 23.2. The number of piperidine rings is 1. The second-order valence-corrected chi connectivity index (χ2v) is 4.64. The summed E-state index contributed by atoms with van der Waals surface area (Å²) in [5.41, 5.74) is 0. The van der Waals surface area contributed by atoms with Crippen molar-refractivity contribution in [1.82, 2.24) is 4.90 Å². The van der Waals surface area contributed by atoms with Crippen molar-refractivity contribution in [2.24, 2.45) is 11.8 Å². The zero-order valence-electron chi connectivity index (χ0n) is 10.2. The number of hydrogen-bond acceptors (Lipinski definition) is 2. The zero-order valence-corrected chi connectivity index (χ0v) is 10.2. The van der Waals surface area contributed by atoms with Crippen molar-refractivity contribution in [2.45, 2.75) is 33.1 Å². The molecule has 1 aliphatic heterocycles. The van der Waals surface area contributed by atoms with Gasteiger partial charge in [-0.2, -0.15) is 0 Å². The Hall–Kier alpha value is -1.01. The predicted molar refractivity (Wildman–Crippen MR) is 64.0 cm³/mol. The van der Waals surface area contributed by atoms with Crippen LogP contribution in [-0.4, -0.2) is 35.6 Å². The van der Waals surface area contributed by atoms with E-state index >= 15 is 0 Å². The van der Waals surface area contributed by atoms with Gasteiger partial charge < -0.3 is 5.11 Å². The second kappa shape index (κ2) is 6.55. The van der Waals surface area contributed by atoms with Gasteiger partial charge in [0.05, 0.1) is 6.54 Å². The molecule has 0 aromatic rings. The number of aliphatic carboxylic acids is 1. The van der Waals surface area contributed by atoms with Crippen molar-refractivity contribution in [1.29, 1.82) is 0 Å². The summed E-state index contributed by atoms with van der Waals surface area (Å²) in [5.74, 6) is 6.09. The molecule has 1 N–H and O–H groups in total. The monoisotopic (exact) mass is 223 g/mol. The number of carboxylic acids is 1. The minimum absolute atomic E-state index is 0.273. The highest BCUT2D eigenvalue weighted by Gasteiger charge is 2.25. The van der Waals surface area contributed by atoms with E-state index in [0.717, 1.165) is 26.1 Å². The van der Waals surface area contributed by atoms with Crippen molar-refractivity contribution < 1.29 is 9.90 Å². The molecule has 0 aromatic heterocycles. The van der Waals surface area contributed by atoms with Crippen LogP contribution in [-0.2, 0) is 4.79 Å². The summed E-state index contributed by atoms with van der Waals surface area (Å²) >= 11 is 0. The molecule has 0 saturated carbocycles. The Morgan fingerprint density at radius 3 is 3.00 bits per heavy atom. The molecule has 1 saturated heterocycles. The highest BCUT2D eigenvalue weighted by molar-refractivity contribution is 5.67. The van der Waals surface area contributed by atoms with E-state index in [4.69, 9.17) is 5.11 Å². The molecule has 0 bridgehead atoms. The van der Waals surface area contributed by atoms with E-state index < -0.39 is 5.97 Å². The molecule has 2 unspecified atom stereocenters. The number of nitrogens with zero attached hydrogens (tertiary/aromatic N) is 1. The summed E-state index contributed by atoms with van der Waals surface area (Å²) in [6.45, 7) is 6.84. The molecule has 1 heterocycles. The number of carboxylic acid groups (broad SMARTS) is 1. The molecule has 0 radical (unpaired) electrons. The van der Waals surface area contributed by atoms with Gasteiger partial charge in [-0.05, 0) is 38.1 Å². The van der Waals surface area contributed by atoms with Crippen LogP contribution in [0.3, 0.4) is 0 Å². The highest BCUT2D eigenvalue weighted by Crippen LogP contribution is 2.25. The molecule has 0 aromatic carbocycles. The summed E-state index contributed by atoms with van der Waals surface area (Å²) < 4.78 is 0. The van der Waals surface area contributed by atoms with Gasteiger partial charge in [0, 0.05) is 13.0 Å². The summed E-state index contributed by atoms with van der Waals surface area (Å²) in [6, 6.07) is 0. The Morgan fingerprint density at radius 2 is 2.38 bits per heavy atom. The average molecular weight is 223 g/mol. The van der Waals surface area contributed by atoms with Gasteiger partial charge in [0.15, 0.2) is 0 Å². The summed E-state index contributed by atoms with van der Waals surface area (Å²) in [7, 11) is 0. The van der Waals surface area contributed by atoms with Gasteiger partial charge in [0.1, 0.15) is 0 Å². The molecule has 16 heavy (non-hydrogen) atoms. The maximum Gasteiger partial charge on any atom is 0.303 e. The van der Waals surface area contributed by atoms with Gasteiger partial charge in [-0.15, -0.1) is 5.92 Å². The average Bonchev–Trinajstić information content (AvgIpc) is 2.26. The first kappa shape index (κ1) is 13.1. The van der Waals surface area contributed by atoms with Crippen LogP contribution in [0.4, 0.5) is 0 Å². The Kier molecular flexibility index (Phi) is 5.34. The van der Waals surface area contributed by atoms with E-state index in [-0.39, 0.29) is 12.3 Å². The maximum absolute atomic E-state index is 10.7. The minimum Gasteiger partial charge on any atom is -0.481 e. The molecule has 1 fully saturated rings. The van der Waals surface area contributed by atoms with E-state index in [9.17, 15) is 4.79 Å². The molecule has 0 spiro atoms. The van der Waals surface area contributed by atoms with Crippen LogP contribution in [0.1, 0.15) is 33.1 Å². The lowest BCUT2D eigenvalue weighted by atomic mass is 9.85. The van der Waals surface area contributed by atoms with Crippen LogP contribution < -0.4 is 0 Å². The largest absolute Gasteiger partial charge is 0.481 e. The third-order valence-corrected chi connectivity index (χ3v) is 3.32. The van der Waals surface area contributed by atoms with Crippen molar-refractivity contribution in [2.75, 3.05) is 19.6 Å². The minimum atomic E-state index is -0.682. The molecule has 90 valence electrons. The molecule has 3 nitrogen and oxygen atoms in total. The molecule has 2 atom stereocenters. The fraction of sp³-hybridized carbons (Fsp3) is 0.769. The van der Waals surface area contributed by atoms with Crippen molar-refractivity contribution in [3.63, 3.8) is 0 Å². The number of hydrogen-bond donors (Lipinski definition) is 1. The topological polar surface area (TPSA) is 40.5 Å². The summed E-state index contributed by atoms with van der Waals surface area (Å²) in [6.07, 6.45) is 2.61. The van der Waals surface area contributed by atoms with Crippen LogP contribution in [0.2, 0.25) is 0 Å². The van der Waals surface area contributed by atoms with Crippen LogP contribution in [0.5, 0.6) is 0 Å². The first-order valence-corrected chi connectivity index (χ1v) is 5.97. The number of carbonyl (C=O) groups is 1. The molecular weight excluding hydrogens is 202 g/mol. The van der Waals surface area contributed by atoms with E-state index in [2.05, 4.69) is 16.7 Å². The lowest BCUT2D eigenvalue weighted by Gasteiger charge is -2.34. The first-order chi connectivity index (χ1) is 7.63. The Morgan fingerprint density at radius 1 is 1.62 bits per heavy atom. The standard InChI is InChI=1S/C13H21NO2/c1-3-4-7-14-8-5-6-12(10-14)11(2)9-13(15)16/h11-12H,5-10H2,1-2H3,(H,15,16). The van der Waals surface area contributed by atoms with Gasteiger partial charge in [-0.25, -0.2) is 0 Å². The van der Waals surface area contributed by atoms with Crippen molar-refractivity contribution >= 4 is 5.97 Å². The van der Waals surface area contributed by atoms with Crippen molar-refractivity contribution in [3.05, 3.63) is 0 Å². The third-order valence-electron chi connectivity index (χ3n) is 3.32. The van der Waals surface area contributed by atoms with Gasteiger partial charge in [-0.3, -0.25) is 9.69 Å². The molecule has 0 amide bonds. The quantitative estimate of drug-likeness (QED) is 0.739. The molecule has 1 aliphatic rings. The van der Waals surface area contributed by atoms with E-state index in [1.807, 2.05) is 13.8 Å². The summed E-state index contributed by atoms with van der Waals surface area (Å²) in [4.78, 5) is 13.0. The first-order valence-electron chi connectivity index (χ1n) is 5.97. The van der Waals surface area contributed by atoms with E-state index in [1.165, 1.54) is 6.42 Å². The van der Waals surface area contributed by atoms with Crippen LogP contribution in [0, 0.1) is 23.7 Å². The van der Waals surface area contributed by atoms with Crippen molar-refractivity contribution in [3.8, 4) is 11.8 Å². The van der Waals surface area contributed by atoms with E-state index in [1.54, 1.807) is 0 Å². The SMILES string of the molecule is CC#CCN1CCCC(C(C)CC(=O)O)C1. The molecular formula is C13H21NO2. The Balaban J connectivity index is 2.42. The predicted octanol–water partition coefficient (Wildman–Crippen LogP) is 1.83.